The third kappa shape index (κ3) is 5.36. The number of anilines is 1. The maximum absolute atomic E-state index is 12.5. The molecule has 0 fully saturated rings. The predicted molar refractivity (Wildman–Crippen MR) is 136 cm³/mol. The van der Waals surface area contributed by atoms with Crippen LogP contribution in [0.4, 0.5) is 11.5 Å². The number of carbonyl (C=O) groups excluding carboxylic acids is 2. The van der Waals surface area contributed by atoms with Crippen LogP contribution in [-0.2, 0) is 9.53 Å². The number of nitro benzene ring substituents is 1. The Labute approximate surface area is 214 Å². The molecule has 0 atom stereocenters. The van der Waals surface area contributed by atoms with Crippen LogP contribution >= 0.6 is 15.9 Å². The molecule has 2 heterocycles. The summed E-state index contributed by atoms with van der Waals surface area (Å²) < 4.78 is 13.1. The van der Waals surface area contributed by atoms with Gasteiger partial charge in [-0.15, -0.1) is 0 Å². The molecule has 184 valence electrons. The highest BCUT2D eigenvalue weighted by Gasteiger charge is 2.18. The first-order valence-corrected chi connectivity index (χ1v) is 11.7. The van der Waals surface area contributed by atoms with Crippen molar-refractivity contribution in [3.05, 3.63) is 86.5 Å². The third-order valence-corrected chi connectivity index (χ3v) is 5.74. The van der Waals surface area contributed by atoms with Crippen molar-refractivity contribution in [2.24, 2.45) is 0 Å². The quantitative estimate of drug-likeness (QED) is 0.137. The molecular formula is C25H21BrN4O6. The molecule has 0 spiro atoms. The number of imidazole rings is 1. The summed E-state index contributed by atoms with van der Waals surface area (Å²) in [5.41, 5.74) is 2.34. The Morgan fingerprint density at radius 2 is 1.89 bits per heavy atom. The molecule has 0 aliphatic carbocycles. The fourth-order valence-corrected chi connectivity index (χ4v) is 3.87. The van der Waals surface area contributed by atoms with E-state index in [9.17, 15) is 19.7 Å². The highest BCUT2D eigenvalue weighted by Crippen LogP contribution is 2.31. The van der Waals surface area contributed by atoms with E-state index in [1.54, 1.807) is 38.1 Å². The Morgan fingerprint density at radius 1 is 1.14 bits per heavy atom. The minimum Gasteiger partial charge on any atom is -0.465 e. The second kappa shape index (κ2) is 10.6. The van der Waals surface area contributed by atoms with Gasteiger partial charge in [-0.25, -0.2) is 9.78 Å². The molecule has 0 aliphatic rings. The van der Waals surface area contributed by atoms with Gasteiger partial charge in [0.1, 0.15) is 29.5 Å². The number of ether oxygens (including phenoxy) is 2. The lowest BCUT2D eigenvalue weighted by molar-refractivity contribution is -0.385. The molecule has 1 N–H and O–H groups in total. The van der Waals surface area contributed by atoms with Crippen LogP contribution in [0, 0.1) is 17.0 Å². The molecule has 36 heavy (non-hydrogen) atoms. The van der Waals surface area contributed by atoms with Crippen molar-refractivity contribution in [2.45, 2.75) is 13.8 Å². The van der Waals surface area contributed by atoms with Crippen LogP contribution in [-0.4, -0.2) is 39.4 Å². The molecule has 0 radical (unpaired) electrons. The van der Waals surface area contributed by atoms with Gasteiger partial charge in [0.25, 0.3) is 5.69 Å². The average molecular weight is 553 g/mol. The fraction of sp³-hybridized carbons (Fsp3) is 0.160. The highest BCUT2D eigenvalue weighted by molar-refractivity contribution is 9.10. The molecule has 2 aromatic carbocycles. The number of fused-ring (bicyclic) bond motifs is 1. The summed E-state index contributed by atoms with van der Waals surface area (Å²) >= 11 is 3.45. The van der Waals surface area contributed by atoms with Crippen molar-refractivity contribution in [1.29, 1.82) is 0 Å². The number of benzene rings is 2. The Balaban J connectivity index is 1.59. The van der Waals surface area contributed by atoms with E-state index < -0.39 is 16.9 Å². The van der Waals surface area contributed by atoms with Gasteiger partial charge in [-0.1, -0.05) is 6.07 Å². The molecule has 0 unspecified atom stereocenters. The SMILES string of the molecule is CCOC(=O)CNc1c(-c2ccc(OC(=O)c3ccc(C)c([N+](=O)[O-])c3)cc2)nc2ccc(Br)cn12. The third-order valence-electron chi connectivity index (χ3n) is 5.27. The molecule has 4 aromatic rings. The highest BCUT2D eigenvalue weighted by atomic mass is 79.9. The van der Waals surface area contributed by atoms with Gasteiger partial charge in [0.2, 0.25) is 0 Å². The monoisotopic (exact) mass is 552 g/mol. The Bertz CT molecular complexity index is 1470. The van der Waals surface area contributed by atoms with Crippen molar-refractivity contribution in [3.63, 3.8) is 0 Å². The lowest BCUT2D eigenvalue weighted by Crippen LogP contribution is -2.17. The fourth-order valence-electron chi connectivity index (χ4n) is 3.54. The minimum absolute atomic E-state index is 0.0421. The molecule has 0 aliphatic heterocycles. The number of aryl methyl sites for hydroxylation is 1. The Morgan fingerprint density at radius 3 is 2.58 bits per heavy atom. The van der Waals surface area contributed by atoms with Crippen molar-refractivity contribution in [2.75, 3.05) is 18.5 Å². The van der Waals surface area contributed by atoms with Crippen LogP contribution in [0.2, 0.25) is 0 Å². The number of halogens is 1. The van der Waals surface area contributed by atoms with Crippen molar-refractivity contribution in [3.8, 4) is 17.0 Å². The number of nitrogens with zero attached hydrogens (tertiary/aromatic N) is 3. The zero-order chi connectivity index (χ0) is 25.8. The summed E-state index contributed by atoms with van der Waals surface area (Å²) in [6.45, 7) is 3.57. The predicted octanol–water partition coefficient (Wildman–Crippen LogP) is 5.17. The van der Waals surface area contributed by atoms with Crippen molar-refractivity contribution >= 4 is 45.0 Å². The van der Waals surface area contributed by atoms with Crippen LogP contribution < -0.4 is 10.1 Å². The van der Waals surface area contributed by atoms with Crippen LogP contribution in [0.25, 0.3) is 16.9 Å². The molecule has 0 amide bonds. The molecule has 11 heteroatoms. The standard InChI is InChI=1S/C25H21BrN4O6/c1-3-35-22(31)13-27-24-23(28-21-11-8-18(26)14-29(21)24)16-6-9-19(10-7-16)36-25(32)17-5-4-15(2)20(12-17)30(33)34/h4-12,14,27H,3,13H2,1-2H3. The topological polar surface area (TPSA) is 125 Å². The summed E-state index contributed by atoms with van der Waals surface area (Å²) in [6, 6.07) is 14.5. The number of esters is 2. The van der Waals surface area contributed by atoms with Crippen LogP contribution in [0.5, 0.6) is 5.75 Å². The van der Waals surface area contributed by atoms with E-state index in [0.717, 1.165) is 4.47 Å². The van der Waals surface area contributed by atoms with E-state index in [4.69, 9.17) is 9.47 Å². The first kappa shape index (κ1) is 24.9. The van der Waals surface area contributed by atoms with Gasteiger partial charge in [0, 0.05) is 27.9 Å². The van der Waals surface area contributed by atoms with Gasteiger partial charge in [-0.2, -0.15) is 0 Å². The smallest absolute Gasteiger partial charge is 0.343 e. The van der Waals surface area contributed by atoms with Crippen molar-refractivity contribution in [1.82, 2.24) is 9.38 Å². The van der Waals surface area contributed by atoms with E-state index in [-0.39, 0.29) is 30.2 Å². The van der Waals surface area contributed by atoms with Crippen LogP contribution in [0.15, 0.2) is 65.3 Å². The molecule has 0 saturated heterocycles. The largest absolute Gasteiger partial charge is 0.465 e. The van der Waals surface area contributed by atoms with Gasteiger partial charge in [0.15, 0.2) is 0 Å². The molecule has 0 saturated carbocycles. The van der Waals surface area contributed by atoms with E-state index in [1.165, 1.54) is 18.2 Å². The number of hydrogen-bond acceptors (Lipinski definition) is 8. The zero-order valence-electron chi connectivity index (χ0n) is 19.4. The number of pyridine rings is 1. The summed E-state index contributed by atoms with van der Waals surface area (Å²) in [5.74, 6) is -0.247. The van der Waals surface area contributed by atoms with Gasteiger partial charge < -0.3 is 14.8 Å². The number of carbonyl (C=O) groups is 2. The van der Waals surface area contributed by atoms with E-state index in [1.807, 2.05) is 22.7 Å². The van der Waals surface area contributed by atoms with Crippen LogP contribution in [0.1, 0.15) is 22.8 Å². The normalized spacial score (nSPS) is 10.8. The summed E-state index contributed by atoms with van der Waals surface area (Å²) in [5, 5.41) is 14.3. The van der Waals surface area contributed by atoms with Gasteiger partial charge >= 0.3 is 11.9 Å². The summed E-state index contributed by atoms with van der Waals surface area (Å²) in [4.78, 5) is 39.8. The van der Waals surface area contributed by atoms with Gasteiger partial charge in [0.05, 0.1) is 17.1 Å². The average Bonchev–Trinajstić information content (AvgIpc) is 3.21. The second-order valence-corrected chi connectivity index (χ2v) is 8.63. The number of nitrogens with one attached hydrogen (secondary N) is 1. The summed E-state index contributed by atoms with van der Waals surface area (Å²) in [7, 11) is 0. The molecule has 0 bridgehead atoms. The molecule has 4 rings (SSSR count). The van der Waals surface area contributed by atoms with Crippen molar-refractivity contribution < 1.29 is 24.0 Å². The first-order valence-electron chi connectivity index (χ1n) is 10.9. The lowest BCUT2D eigenvalue weighted by Gasteiger charge is -2.09. The summed E-state index contributed by atoms with van der Waals surface area (Å²) in [6.07, 6.45) is 1.83. The molecule has 10 nitrogen and oxygen atoms in total. The zero-order valence-corrected chi connectivity index (χ0v) is 20.9. The second-order valence-electron chi connectivity index (χ2n) is 7.72. The van der Waals surface area contributed by atoms with Gasteiger partial charge in [-0.05, 0) is 72.2 Å². The number of hydrogen-bond donors (Lipinski definition) is 1. The maximum atomic E-state index is 12.5. The molecular weight excluding hydrogens is 532 g/mol. The Hall–Kier alpha value is -4.25. The number of aromatic nitrogens is 2. The first-order chi connectivity index (χ1) is 17.3. The van der Waals surface area contributed by atoms with E-state index in [0.29, 0.717) is 28.3 Å². The van der Waals surface area contributed by atoms with E-state index >= 15 is 0 Å². The van der Waals surface area contributed by atoms with Gasteiger partial charge in [-0.3, -0.25) is 19.3 Å². The molecule has 2 aromatic heterocycles. The maximum Gasteiger partial charge on any atom is 0.343 e. The number of nitro groups is 1. The van der Waals surface area contributed by atoms with Crippen LogP contribution in [0.3, 0.4) is 0 Å². The Kier molecular flexibility index (Phi) is 7.30. The number of rotatable bonds is 8. The van der Waals surface area contributed by atoms with E-state index in [2.05, 4.69) is 26.2 Å². The lowest BCUT2D eigenvalue weighted by atomic mass is 10.1. The minimum atomic E-state index is -0.708.